The van der Waals surface area contributed by atoms with Gasteiger partial charge in [-0.3, -0.25) is 9.48 Å². The van der Waals surface area contributed by atoms with Gasteiger partial charge in [-0.25, -0.2) is 0 Å². The molecular weight excluding hydrogens is 326 g/mol. The molecule has 0 saturated carbocycles. The van der Waals surface area contributed by atoms with E-state index in [9.17, 15) is 4.79 Å². The summed E-state index contributed by atoms with van der Waals surface area (Å²) >= 11 is 0. The van der Waals surface area contributed by atoms with Crippen molar-refractivity contribution in [1.82, 2.24) is 15.1 Å². The summed E-state index contributed by atoms with van der Waals surface area (Å²) in [5.41, 5.74) is 3.83. The van der Waals surface area contributed by atoms with Crippen LogP contribution >= 0.6 is 0 Å². The largest absolute Gasteiger partial charge is 0.489 e. The number of ether oxygens (including phenoxy) is 1. The van der Waals surface area contributed by atoms with E-state index in [1.54, 1.807) is 16.9 Å². The standard InChI is InChI=1S/C21H23N3O2/c1-3-16-7-9-20(10-8-16)26-15-17-5-4-6-19(11-17)21(25)22-12-18-13-23-24(2)14-18/h4-11,13-14H,3,12,15H2,1-2H3,(H,22,25). The van der Waals surface area contributed by atoms with Crippen LogP contribution in [-0.2, 0) is 26.6 Å². The molecule has 26 heavy (non-hydrogen) atoms. The van der Waals surface area contributed by atoms with Crippen LogP contribution in [0.4, 0.5) is 0 Å². The summed E-state index contributed by atoms with van der Waals surface area (Å²) in [5, 5.41) is 7.00. The maximum absolute atomic E-state index is 12.3. The number of hydrogen-bond donors (Lipinski definition) is 1. The van der Waals surface area contributed by atoms with Gasteiger partial charge in [0.05, 0.1) is 6.20 Å². The van der Waals surface area contributed by atoms with Crippen molar-refractivity contribution in [2.45, 2.75) is 26.5 Å². The second-order valence-corrected chi connectivity index (χ2v) is 6.19. The molecule has 0 bridgehead atoms. The minimum Gasteiger partial charge on any atom is -0.489 e. The molecule has 0 atom stereocenters. The van der Waals surface area contributed by atoms with E-state index in [1.807, 2.05) is 43.6 Å². The lowest BCUT2D eigenvalue weighted by atomic mass is 10.1. The Bertz CT molecular complexity index is 869. The summed E-state index contributed by atoms with van der Waals surface area (Å²) in [6.45, 7) is 3.01. The van der Waals surface area contributed by atoms with Crippen molar-refractivity contribution >= 4 is 5.91 Å². The molecule has 1 amide bonds. The molecule has 0 aliphatic carbocycles. The number of aromatic nitrogens is 2. The van der Waals surface area contributed by atoms with Crippen molar-refractivity contribution in [3.63, 3.8) is 0 Å². The summed E-state index contributed by atoms with van der Waals surface area (Å²) in [6, 6.07) is 15.6. The van der Waals surface area contributed by atoms with Gasteiger partial charge in [-0.05, 0) is 41.8 Å². The van der Waals surface area contributed by atoms with Gasteiger partial charge in [0.15, 0.2) is 0 Å². The Labute approximate surface area is 153 Å². The van der Waals surface area contributed by atoms with Gasteiger partial charge in [-0.1, -0.05) is 31.2 Å². The highest BCUT2D eigenvalue weighted by Crippen LogP contribution is 2.15. The SMILES string of the molecule is CCc1ccc(OCc2cccc(C(=O)NCc3cnn(C)c3)c2)cc1. The third-order valence-corrected chi connectivity index (χ3v) is 4.14. The third kappa shape index (κ3) is 4.72. The topological polar surface area (TPSA) is 56.1 Å². The molecular formula is C21H23N3O2. The van der Waals surface area contributed by atoms with E-state index >= 15 is 0 Å². The van der Waals surface area contributed by atoms with Crippen molar-refractivity contribution in [2.75, 3.05) is 0 Å². The molecule has 0 spiro atoms. The lowest BCUT2D eigenvalue weighted by Gasteiger charge is -2.09. The van der Waals surface area contributed by atoms with Crippen molar-refractivity contribution in [1.29, 1.82) is 0 Å². The van der Waals surface area contributed by atoms with Crippen LogP contribution in [0, 0.1) is 0 Å². The molecule has 3 rings (SSSR count). The first-order valence-electron chi connectivity index (χ1n) is 8.70. The summed E-state index contributed by atoms with van der Waals surface area (Å²) in [5.74, 6) is 0.719. The number of nitrogens with one attached hydrogen (secondary N) is 1. The molecule has 1 aromatic heterocycles. The monoisotopic (exact) mass is 349 g/mol. The van der Waals surface area contributed by atoms with E-state index in [-0.39, 0.29) is 5.91 Å². The number of carbonyl (C=O) groups excluding carboxylic acids is 1. The molecule has 0 aliphatic rings. The number of benzene rings is 2. The van der Waals surface area contributed by atoms with Gasteiger partial charge in [0.25, 0.3) is 5.91 Å². The molecule has 0 saturated heterocycles. The highest BCUT2D eigenvalue weighted by Gasteiger charge is 2.07. The summed E-state index contributed by atoms with van der Waals surface area (Å²) < 4.78 is 7.53. The van der Waals surface area contributed by atoms with E-state index in [2.05, 4.69) is 29.5 Å². The fourth-order valence-corrected chi connectivity index (χ4v) is 2.64. The predicted molar refractivity (Wildman–Crippen MR) is 101 cm³/mol. The Kier molecular flexibility index (Phi) is 5.69. The molecule has 5 heteroatoms. The second-order valence-electron chi connectivity index (χ2n) is 6.19. The zero-order valence-electron chi connectivity index (χ0n) is 15.1. The Hall–Kier alpha value is -3.08. The fraction of sp³-hybridized carbons (Fsp3) is 0.238. The van der Waals surface area contributed by atoms with Gasteiger partial charge in [-0.2, -0.15) is 5.10 Å². The minimum atomic E-state index is -0.108. The van der Waals surface area contributed by atoms with Crippen LogP contribution in [0.3, 0.4) is 0 Å². The Balaban J connectivity index is 1.57. The maximum atomic E-state index is 12.3. The Morgan fingerprint density at radius 2 is 1.92 bits per heavy atom. The normalized spacial score (nSPS) is 10.5. The third-order valence-electron chi connectivity index (χ3n) is 4.14. The van der Waals surface area contributed by atoms with Crippen molar-refractivity contribution in [3.05, 3.63) is 83.2 Å². The minimum absolute atomic E-state index is 0.108. The average Bonchev–Trinajstić information content (AvgIpc) is 3.10. The molecule has 0 aliphatic heterocycles. The van der Waals surface area contributed by atoms with Gasteiger partial charge in [0.2, 0.25) is 0 Å². The zero-order chi connectivity index (χ0) is 18.4. The number of aryl methyl sites for hydroxylation is 2. The smallest absolute Gasteiger partial charge is 0.251 e. The lowest BCUT2D eigenvalue weighted by Crippen LogP contribution is -2.22. The quantitative estimate of drug-likeness (QED) is 0.710. The highest BCUT2D eigenvalue weighted by atomic mass is 16.5. The Morgan fingerprint density at radius 3 is 2.62 bits per heavy atom. The number of nitrogens with zero attached hydrogens (tertiary/aromatic N) is 2. The lowest BCUT2D eigenvalue weighted by molar-refractivity contribution is 0.0950. The van der Waals surface area contributed by atoms with Gasteiger partial charge in [-0.15, -0.1) is 0 Å². The van der Waals surface area contributed by atoms with Crippen LogP contribution in [0.2, 0.25) is 0 Å². The van der Waals surface area contributed by atoms with Crippen molar-refractivity contribution in [3.8, 4) is 5.75 Å². The van der Waals surface area contributed by atoms with E-state index in [0.29, 0.717) is 18.7 Å². The zero-order valence-corrected chi connectivity index (χ0v) is 15.1. The average molecular weight is 349 g/mol. The first kappa shape index (κ1) is 17.7. The molecule has 0 unspecified atom stereocenters. The molecule has 2 aromatic carbocycles. The van der Waals surface area contributed by atoms with Gasteiger partial charge in [0, 0.05) is 30.9 Å². The van der Waals surface area contributed by atoms with Crippen LogP contribution in [0.5, 0.6) is 5.75 Å². The number of amides is 1. The van der Waals surface area contributed by atoms with Crippen LogP contribution in [0.1, 0.15) is 34.0 Å². The molecule has 1 N–H and O–H groups in total. The Morgan fingerprint density at radius 1 is 1.12 bits per heavy atom. The number of hydrogen-bond acceptors (Lipinski definition) is 3. The molecule has 0 fully saturated rings. The maximum Gasteiger partial charge on any atom is 0.251 e. The molecule has 3 aromatic rings. The highest BCUT2D eigenvalue weighted by molar-refractivity contribution is 5.94. The molecule has 134 valence electrons. The first-order valence-corrected chi connectivity index (χ1v) is 8.70. The van der Waals surface area contributed by atoms with Crippen LogP contribution < -0.4 is 10.1 Å². The number of rotatable bonds is 7. The van der Waals surface area contributed by atoms with Gasteiger partial charge in [0.1, 0.15) is 12.4 Å². The molecule has 1 heterocycles. The first-order chi connectivity index (χ1) is 12.6. The second kappa shape index (κ2) is 8.34. The fourth-order valence-electron chi connectivity index (χ4n) is 2.64. The van der Waals surface area contributed by atoms with E-state index < -0.39 is 0 Å². The van der Waals surface area contributed by atoms with Crippen molar-refractivity contribution < 1.29 is 9.53 Å². The van der Waals surface area contributed by atoms with E-state index in [4.69, 9.17) is 4.74 Å². The van der Waals surface area contributed by atoms with Crippen LogP contribution in [0.25, 0.3) is 0 Å². The molecule has 0 radical (unpaired) electrons. The van der Waals surface area contributed by atoms with Gasteiger partial charge >= 0.3 is 0 Å². The van der Waals surface area contributed by atoms with E-state index in [1.165, 1.54) is 5.56 Å². The summed E-state index contributed by atoms with van der Waals surface area (Å²) in [6.07, 6.45) is 4.64. The van der Waals surface area contributed by atoms with Gasteiger partial charge < -0.3 is 10.1 Å². The van der Waals surface area contributed by atoms with Crippen molar-refractivity contribution in [2.24, 2.45) is 7.05 Å². The summed E-state index contributed by atoms with van der Waals surface area (Å²) in [7, 11) is 1.85. The predicted octanol–water partition coefficient (Wildman–Crippen LogP) is 3.49. The number of carbonyl (C=O) groups is 1. The summed E-state index contributed by atoms with van der Waals surface area (Å²) in [4.78, 5) is 12.3. The molecule has 5 nitrogen and oxygen atoms in total. The van der Waals surface area contributed by atoms with Crippen LogP contribution in [0.15, 0.2) is 60.9 Å². The van der Waals surface area contributed by atoms with Crippen LogP contribution in [-0.4, -0.2) is 15.7 Å². The van der Waals surface area contributed by atoms with E-state index in [0.717, 1.165) is 23.3 Å².